The summed E-state index contributed by atoms with van der Waals surface area (Å²) in [6.45, 7) is 1.97. The Labute approximate surface area is 196 Å². The third-order valence-corrected chi connectivity index (χ3v) is 4.85. The van der Waals surface area contributed by atoms with Crippen molar-refractivity contribution in [1.82, 2.24) is 24.9 Å². The summed E-state index contributed by atoms with van der Waals surface area (Å²) in [4.78, 5) is 20.0. The number of hydrogen-bond acceptors (Lipinski definition) is 3. The Morgan fingerprint density at radius 2 is 1.03 bits per heavy atom. The van der Waals surface area contributed by atoms with Gasteiger partial charge in [0.15, 0.2) is 0 Å². The summed E-state index contributed by atoms with van der Waals surface area (Å²) < 4.78 is 0. The van der Waals surface area contributed by atoms with E-state index >= 15 is 0 Å². The molecule has 0 atom stereocenters. The number of nitrogens with one attached hydrogen (secondary N) is 2. The molecule has 0 amide bonds. The largest absolute Gasteiger partial charge is 0.355 e. The van der Waals surface area contributed by atoms with E-state index < -0.39 is 0 Å². The summed E-state index contributed by atoms with van der Waals surface area (Å²) >= 11 is 0. The molecule has 8 bridgehead atoms. The Kier molecular flexibility index (Phi) is 6.45. The van der Waals surface area contributed by atoms with Gasteiger partial charge in [-0.2, -0.15) is 0 Å². The quantitative estimate of drug-likeness (QED) is 0.273. The van der Waals surface area contributed by atoms with Crippen LogP contribution in [0.25, 0.3) is 46.4 Å². The van der Waals surface area contributed by atoms with E-state index in [1.807, 2.05) is 67.6 Å². The van der Waals surface area contributed by atoms with E-state index in [1.54, 1.807) is 6.20 Å². The smallest absolute Gasteiger partial charge is 0.0659 e. The van der Waals surface area contributed by atoms with Crippen molar-refractivity contribution in [3.8, 4) is 0 Å². The molecule has 0 aromatic carbocycles. The molecule has 2 aliphatic rings. The van der Waals surface area contributed by atoms with E-state index in [0.29, 0.717) is 0 Å². The van der Waals surface area contributed by atoms with Gasteiger partial charge >= 0.3 is 0 Å². The van der Waals surface area contributed by atoms with Gasteiger partial charge in [0.1, 0.15) is 0 Å². The minimum atomic E-state index is 0. The molecule has 6 heterocycles. The van der Waals surface area contributed by atoms with Crippen molar-refractivity contribution >= 4 is 46.4 Å². The van der Waals surface area contributed by atoms with E-state index in [-0.39, 0.29) is 17.1 Å². The van der Waals surface area contributed by atoms with E-state index in [1.165, 1.54) is 0 Å². The third-order valence-electron chi connectivity index (χ3n) is 4.85. The number of rotatable bonds is 0. The predicted octanol–water partition coefficient (Wildman–Crippen LogP) is 6.04. The molecule has 6 heteroatoms. The number of aromatic nitrogens is 5. The van der Waals surface area contributed by atoms with E-state index in [2.05, 4.69) is 55.3 Å². The molecule has 0 fully saturated rings. The number of fused-ring (bicyclic) bond motifs is 8. The molecule has 2 N–H and O–H groups in total. The molecule has 0 saturated carbocycles. The first-order chi connectivity index (χ1) is 15.2. The van der Waals surface area contributed by atoms with Gasteiger partial charge in [0, 0.05) is 51.0 Å². The average Bonchev–Trinajstić information content (AvgIpc) is 3.55. The number of H-pyrrole nitrogens is 2. The second kappa shape index (κ2) is 9.60. The maximum atomic E-state index is 4.62. The predicted molar refractivity (Wildman–Crippen MR) is 128 cm³/mol. The maximum Gasteiger partial charge on any atom is 0.0659 e. The summed E-state index contributed by atoms with van der Waals surface area (Å²) in [6, 6.07) is 22.3. The first-order valence-electron chi connectivity index (χ1n) is 10.1. The van der Waals surface area contributed by atoms with Gasteiger partial charge in [0.05, 0.1) is 22.8 Å². The van der Waals surface area contributed by atoms with Crippen molar-refractivity contribution in [3.63, 3.8) is 0 Å². The first kappa shape index (κ1) is 21.5. The van der Waals surface area contributed by atoms with Crippen LogP contribution in [0, 0.1) is 6.92 Å². The molecular formula is C26H21MnN5. The molecule has 0 unspecified atom stereocenters. The number of pyridine rings is 1. The number of hydrogen-bond donors (Lipinski definition) is 2. The van der Waals surface area contributed by atoms with Crippen LogP contribution in [0.15, 0.2) is 72.9 Å². The second-order valence-corrected chi connectivity index (χ2v) is 7.38. The van der Waals surface area contributed by atoms with Crippen LogP contribution in [-0.2, 0) is 17.1 Å². The minimum absolute atomic E-state index is 0. The van der Waals surface area contributed by atoms with Gasteiger partial charge < -0.3 is 9.97 Å². The summed E-state index contributed by atoms with van der Waals surface area (Å²) in [6.07, 6.45) is 9.83. The van der Waals surface area contributed by atoms with Crippen molar-refractivity contribution in [1.29, 1.82) is 0 Å². The van der Waals surface area contributed by atoms with Crippen molar-refractivity contribution in [2.24, 2.45) is 0 Å². The zero-order chi connectivity index (χ0) is 21.0. The second-order valence-electron chi connectivity index (χ2n) is 7.38. The molecule has 0 spiro atoms. The van der Waals surface area contributed by atoms with E-state index in [0.717, 1.165) is 50.5 Å². The van der Waals surface area contributed by atoms with Gasteiger partial charge in [0.25, 0.3) is 0 Å². The number of aromatic amines is 2. The van der Waals surface area contributed by atoms with Crippen molar-refractivity contribution in [2.45, 2.75) is 6.92 Å². The fourth-order valence-electron chi connectivity index (χ4n) is 3.39. The molecule has 0 saturated heterocycles. The maximum absolute atomic E-state index is 4.62. The Hall–Kier alpha value is -3.73. The molecule has 4 aromatic heterocycles. The summed E-state index contributed by atoms with van der Waals surface area (Å²) in [5, 5.41) is 0. The molecule has 0 aliphatic carbocycles. The first-order valence-corrected chi connectivity index (χ1v) is 10.1. The fourth-order valence-corrected chi connectivity index (χ4v) is 3.39. The third kappa shape index (κ3) is 5.30. The molecule has 1 radical (unpaired) electrons. The Balaban J connectivity index is 0.000000265. The van der Waals surface area contributed by atoms with Gasteiger partial charge in [-0.15, -0.1) is 0 Å². The molecule has 32 heavy (non-hydrogen) atoms. The topological polar surface area (TPSA) is 70.2 Å². The Bertz CT molecular complexity index is 1360. The van der Waals surface area contributed by atoms with Crippen LogP contribution in [0.3, 0.4) is 0 Å². The van der Waals surface area contributed by atoms with Crippen molar-refractivity contribution in [3.05, 3.63) is 101 Å². The van der Waals surface area contributed by atoms with Gasteiger partial charge in [-0.25, -0.2) is 9.97 Å². The normalized spacial score (nSPS) is 11.4. The fraction of sp³-hybridized carbons (Fsp3) is 0.0385. The van der Waals surface area contributed by atoms with Gasteiger partial charge in [-0.3, -0.25) is 4.98 Å². The van der Waals surface area contributed by atoms with Crippen LogP contribution in [-0.4, -0.2) is 24.9 Å². The van der Waals surface area contributed by atoms with Crippen LogP contribution < -0.4 is 0 Å². The summed E-state index contributed by atoms with van der Waals surface area (Å²) in [5.41, 5.74) is 8.93. The molecule has 2 aliphatic heterocycles. The number of aryl methyl sites for hydroxylation is 1. The van der Waals surface area contributed by atoms with Crippen LogP contribution >= 0.6 is 0 Å². The van der Waals surface area contributed by atoms with Crippen molar-refractivity contribution in [2.75, 3.05) is 0 Å². The molecule has 157 valence electrons. The van der Waals surface area contributed by atoms with E-state index in [4.69, 9.17) is 0 Å². The van der Waals surface area contributed by atoms with Gasteiger partial charge in [-0.1, -0.05) is 6.07 Å². The molecular weight excluding hydrogens is 437 g/mol. The SMILES string of the molecule is C1=Cc2cc3ccc(cc4ccc(cc5nc(cc1n2)C=C5)[nH]4)[nH]3.Cc1ccccn1.[Mn]. The zero-order valence-corrected chi connectivity index (χ0v) is 18.6. The number of nitrogens with zero attached hydrogens (tertiary/aromatic N) is 3. The monoisotopic (exact) mass is 458 g/mol. The average molecular weight is 458 g/mol. The van der Waals surface area contributed by atoms with Crippen LogP contribution in [0.4, 0.5) is 0 Å². The molecule has 4 aromatic rings. The molecule has 5 nitrogen and oxygen atoms in total. The van der Waals surface area contributed by atoms with Crippen LogP contribution in [0.2, 0.25) is 0 Å². The molecule has 6 rings (SSSR count). The van der Waals surface area contributed by atoms with E-state index in [9.17, 15) is 0 Å². The Morgan fingerprint density at radius 1 is 0.562 bits per heavy atom. The van der Waals surface area contributed by atoms with Crippen molar-refractivity contribution < 1.29 is 17.1 Å². The standard InChI is InChI=1S/C20H14N4.C6H7N.Mn/c1-2-14-10-16-5-6-18(23-16)12-20-8-7-19(24-20)11-17-4-3-15(22-17)9-13(1)21-14;1-6-4-2-3-5-7-6;/h1-12,21-22H;2-5H,1H3;. The minimum Gasteiger partial charge on any atom is -0.355 e. The van der Waals surface area contributed by atoms with Crippen LogP contribution in [0.5, 0.6) is 0 Å². The Morgan fingerprint density at radius 3 is 1.44 bits per heavy atom. The van der Waals surface area contributed by atoms with Gasteiger partial charge in [-0.05, 0) is 91.9 Å². The summed E-state index contributed by atoms with van der Waals surface area (Å²) in [7, 11) is 0. The zero-order valence-electron chi connectivity index (χ0n) is 17.5. The van der Waals surface area contributed by atoms with Crippen LogP contribution in [0.1, 0.15) is 28.5 Å². The van der Waals surface area contributed by atoms with Gasteiger partial charge in [0.2, 0.25) is 0 Å². The summed E-state index contributed by atoms with van der Waals surface area (Å²) in [5.74, 6) is 0.